The Morgan fingerprint density at radius 1 is 0.436 bits per heavy atom. The van der Waals surface area contributed by atoms with E-state index in [0.29, 0.717) is 17.4 Å². The number of aliphatic hydroxyl groups excluding tert-OH is 1. The molecule has 0 bridgehead atoms. The predicted molar refractivity (Wildman–Crippen MR) is 341 cm³/mol. The average molecular weight is 1120 g/mol. The van der Waals surface area contributed by atoms with Crippen LogP contribution in [-0.2, 0) is 18.4 Å². The van der Waals surface area contributed by atoms with Crippen LogP contribution in [0.25, 0.3) is 0 Å². The van der Waals surface area contributed by atoms with E-state index in [0.717, 1.165) is 51.4 Å². The van der Waals surface area contributed by atoms with E-state index in [9.17, 15) is 19.4 Å². The van der Waals surface area contributed by atoms with Gasteiger partial charge in [-0.3, -0.25) is 13.8 Å². The highest BCUT2D eigenvalue weighted by Gasteiger charge is 2.28. The van der Waals surface area contributed by atoms with E-state index in [2.05, 4.69) is 67.8 Å². The van der Waals surface area contributed by atoms with E-state index in [1.54, 1.807) is 6.08 Å². The van der Waals surface area contributed by atoms with E-state index >= 15 is 0 Å². The molecule has 0 saturated heterocycles. The number of allylic oxidation sites excluding steroid dienone is 9. The number of quaternary nitrogens is 1. The number of unbranched alkanes of at least 4 members (excludes halogenated alkanes) is 41. The fourth-order valence-electron chi connectivity index (χ4n) is 9.93. The molecule has 458 valence electrons. The number of hydrogen-bond acceptors (Lipinski definition) is 5. The third-order valence-corrected chi connectivity index (χ3v) is 16.2. The van der Waals surface area contributed by atoms with E-state index in [1.807, 2.05) is 27.2 Å². The highest BCUT2D eigenvalue weighted by Crippen LogP contribution is 2.43. The van der Waals surface area contributed by atoms with Crippen molar-refractivity contribution in [2.75, 3.05) is 40.9 Å². The zero-order valence-electron chi connectivity index (χ0n) is 52.4. The number of carbonyl (C=O) groups is 1. The number of likely N-dealkylation sites (N-methyl/N-ethyl adjacent to an activating group) is 1. The summed E-state index contributed by atoms with van der Waals surface area (Å²) in [5.74, 6) is -0.188. The number of nitrogens with zero attached hydrogens (tertiary/aromatic N) is 1. The van der Waals surface area contributed by atoms with Crippen molar-refractivity contribution < 1.29 is 32.9 Å². The Balaban J connectivity index is 4.08. The molecule has 0 saturated carbocycles. The van der Waals surface area contributed by atoms with Crippen LogP contribution in [-0.4, -0.2) is 73.4 Å². The maximum atomic E-state index is 13.0. The second kappa shape index (κ2) is 59.8. The molecule has 0 aliphatic carbocycles. The summed E-state index contributed by atoms with van der Waals surface area (Å²) in [6.45, 7) is 4.82. The fourth-order valence-corrected chi connectivity index (χ4v) is 10.7. The topological polar surface area (TPSA) is 105 Å². The second-order valence-electron chi connectivity index (χ2n) is 24.2. The van der Waals surface area contributed by atoms with Crippen molar-refractivity contribution in [1.82, 2.24) is 5.32 Å². The van der Waals surface area contributed by atoms with Crippen molar-refractivity contribution in [2.24, 2.45) is 0 Å². The summed E-state index contributed by atoms with van der Waals surface area (Å²) in [7, 11) is 1.55. The predicted octanol–water partition coefficient (Wildman–Crippen LogP) is 21.2. The molecule has 0 aromatic heterocycles. The fraction of sp³-hybridized carbons (Fsp3) is 0.841. The third-order valence-electron chi connectivity index (χ3n) is 15.2. The van der Waals surface area contributed by atoms with E-state index < -0.39 is 20.0 Å². The quantitative estimate of drug-likeness (QED) is 0.0243. The normalized spacial score (nSPS) is 14.1. The molecule has 0 aliphatic heterocycles. The molecule has 3 unspecified atom stereocenters. The van der Waals surface area contributed by atoms with Gasteiger partial charge in [-0.2, -0.15) is 0 Å². The molecule has 0 spiro atoms. The van der Waals surface area contributed by atoms with Crippen LogP contribution in [0.3, 0.4) is 0 Å². The van der Waals surface area contributed by atoms with Crippen molar-refractivity contribution in [3.63, 3.8) is 0 Å². The molecule has 3 N–H and O–H groups in total. The number of nitrogens with one attached hydrogen (secondary N) is 1. The van der Waals surface area contributed by atoms with Gasteiger partial charge in [-0.05, 0) is 77.0 Å². The van der Waals surface area contributed by atoms with Gasteiger partial charge in [-0.15, -0.1) is 0 Å². The standard InChI is InChI=1S/C69H131N2O6P/c1-6-8-10-12-14-16-18-20-22-24-26-28-29-30-31-32-33-34-35-36-37-38-39-40-41-43-45-47-49-51-53-55-57-59-61-63-69(73)70-67(66-77-78(74,75)76-65-64-71(3,4)5)68(72)62-60-58-56-54-52-50-48-46-44-42-27-25-23-21-19-17-15-13-11-9-7-2/h29-30,32-33,44,46,52,54,60,62,67-68,72H,6-28,31,34-43,45,47-51,53,55-59,61,63-66H2,1-5H3,(H-,70,73,74,75)/p+1/b30-29-,33-32-,46-44+,54-52+,62-60+. The lowest BCUT2D eigenvalue weighted by Gasteiger charge is -2.25. The molecule has 0 aliphatic rings. The molecule has 3 atom stereocenters. The molecular formula is C69H132N2O6P+. The van der Waals surface area contributed by atoms with Crippen molar-refractivity contribution in [3.05, 3.63) is 60.8 Å². The zero-order valence-corrected chi connectivity index (χ0v) is 53.3. The molecular weight excluding hydrogens is 984 g/mol. The maximum Gasteiger partial charge on any atom is 0.472 e. The molecule has 1 amide bonds. The molecule has 9 heteroatoms. The van der Waals surface area contributed by atoms with Crippen LogP contribution < -0.4 is 5.32 Å². The molecule has 8 nitrogen and oxygen atoms in total. The average Bonchev–Trinajstić information content (AvgIpc) is 3.41. The summed E-state index contributed by atoms with van der Waals surface area (Å²) in [6, 6.07) is -0.872. The lowest BCUT2D eigenvalue weighted by molar-refractivity contribution is -0.870. The lowest BCUT2D eigenvalue weighted by atomic mass is 10.0. The van der Waals surface area contributed by atoms with Gasteiger partial charge in [-0.1, -0.05) is 299 Å². The van der Waals surface area contributed by atoms with Crippen molar-refractivity contribution in [1.29, 1.82) is 0 Å². The molecule has 0 radical (unpaired) electrons. The van der Waals surface area contributed by atoms with Gasteiger partial charge in [0.15, 0.2) is 0 Å². The number of aliphatic hydroxyl groups is 1. The highest BCUT2D eigenvalue weighted by molar-refractivity contribution is 7.47. The monoisotopic (exact) mass is 1120 g/mol. The number of phosphoric acid groups is 1. The van der Waals surface area contributed by atoms with Gasteiger partial charge in [0.1, 0.15) is 13.2 Å². The summed E-state index contributed by atoms with van der Waals surface area (Å²) >= 11 is 0. The van der Waals surface area contributed by atoms with Gasteiger partial charge in [-0.25, -0.2) is 4.57 Å². The zero-order chi connectivity index (χ0) is 57.0. The van der Waals surface area contributed by atoms with Crippen molar-refractivity contribution in [3.8, 4) is 0 Å². The number of rotatable bonds is 62. The first-order valence-corrected chi connectivity index (χ1v) is 35.2. The minimum absolute atomic E-state index is 0.0531. The Morgan fingerprint density at radius 2 is 0.744 bits per heavy atom. The van der Waals surface area contributed by atoms with Gasteiger partial charge in [0, 0.05) is 6.42 Å². The number of carbonyl (C=O) groups excluding carboxylic acids is 1. The van der Waals surface area contributed by atoms with Gasteiger partial charge in [0.2, 0.25) is 5.91 Å². The van der Waals surface area contributed by atoms with Crippen LogP contribution in [0.4, 0.5) is 0 Å². The molecule has 0 aromatic rings. The summed E-state index contributed by atoms with van der Waals surface area (Å²) in [6.07, 6.45) is 82.3. The maximum absolute atomic E-state index is 13.0. The van der Waals surface area contributed by atoms with Crippen LogP contribution in [0.15, 0.2) is 60.8 Å². The Labute approximate surface area is 485 Å². The first-order valence-electron chi connectivity index (χ1n) is 33.7. The van der Waals surface area contributed by atoms with Gasteiger partial charge >= 0.3 is 7.82 Å². The smallest absolute Gasteiger partial charge is 0.387 e. The van der Waals surface area contributed by atoms with E-state index in [4.69, 9.17) is 9.05 Å². The Bertz CT molecular complexity index is 1450. The van der Waals surface area contributed by atoms with Crippen LogP contribution in [0, 0.1) is 0 Å². The summed E-state index contributed by atoms with van der Waals surface area (Å²) in [4.78, 5) is 23.4. The molecule has 0 aromatic carbocycles. The Morgan fingerprint density at radius 3 is 1.10 bits per heavy atom. The number of phosphoric ester groups is 1. The highest BCUT2D eigenvalue weighted by atomic mass is 31.2. The largest absolute Gasteiger partial charge is 0.472 e. The van der Waals surface area contributed by atoms with Gasteiger partial charge in [0.05, 0.1) is 39.9 Å². The van der Waals surface area contributed by atoms with Gasteiger partial charge < -0.3 is 19.8 Å². The minimum Gasteiger partial charge on any atom is -0.387 e. The number of hydrogen-bond donors (Lipinski definition) is 3. The van der Waals surface area contributed by atoms with E-state index in [-0.39, 0.29) is 19.1 Å². The summed E-state index contributed by atoms with van der Waals surface area (Å²) in [5, 5.41) is 14.0. The third kappa shape index (κ3) is 61.8. The lowest BCUT2D eigenvalue weighted by Crippen LogP contribution is -2.45. The first kappa shape index (κ1) is 76.2. The van der Waals surface area contributed by atoms with Crippen LogP contribution in [0.2, 0.25) is 0 Å². The first-order chi connectivity index (χ1) is 38.0. The van der Waals surface area contributed by atoms with Crippen LogP contribution in [0.5, 0.6) is 0 Å². The summed E-state index contributed by atoms with van der Waals surface area (Å²) in [5.41, 5.74) is 0. The Hall–Kier alpha value is -1.80. The van der Waals surface area contributed by atoms with E-state index in [1.165, 1.54) is 250 Å². The second-order valence-corrected chi connectivity index (χ2v) is 25.6. The SMILES string of the molecule is CCCCCCCCCCCCC/C=C\C/C=C\CCCCCCCCCCCCCCCCCCCC(=O)NC(COP(=O)(O)OCC[N+](C)(C)C)C(O)/C=C/CC/C=C/CC/C=C/CCCCCCCCCCCCC. The van der Waals surface area contributed by atoms with Crippen molar-refractivity contribution >= 4 is 13.7 Å². The van der Waals surface area contributed by atoms with Crippen LogP contribution >= 0.6 is 7.82 Å². The van der Waals surface area contributed by atoms with Gasteiger partial charge in [0.25, 0.3) is 0 Å². The number of amides is 1. The van der Waals surface area contributed by atoms with Crippen LogP contribution in [0.1, 0.15) is 322 Å². The molecule has 0 fully saturated rings. The summed E-state index contributed by atoms with van der Waals surface area (Å²) < 4.78 is 23.7. The molecule has 78 heavy (non-hydrogen) atoms. The minimum atomic E-state index is -4.36. The van der Waals surface area contributed by atoms with Crippen molar-refractivity contribution in [2.45, 2.75) is 334 Å². The molecule has 0 heterocycles. The molecule has 0 rings (SSSR count). The Kier molecular flexibility index (Phi) is 58.4.